The number of rotatable bonds is 4. The minimum Gasteiger partial charge on any atom is -0.375 e. The second-order valence-electron chi connectivity index (χ2n) is 4.88. The fraction of sp³-hybridized carbons (Fsp3) is 0.133. The van der Waals surface area contributed by atoms with Crippen molar-refractivity contribution in [2.24, 2.45) is 0 Å². The van der Waals surface area contributed by atoms with Gasteiger partial charge >= 0.3 is 0 Å². The molecule has 2 aromatic carbocycles. The largest absolute Gasteiger partial charge is 0.375 e. The number of nitrogens with one attached hydrogen (secondary N) is 2. The normalized spacial score (nSPS) is 10.3. The van der Waals surface area contributed by atoms with Gasteiger partial charge in [0.25, 0.3) is 5.91 Å². The van der Waals surface area contributed by atoms with Gasteiger partial charge in [0.1, 0.15) is 5.82 Å². The summed E-state index contributed by atoms with van der Waals surface area (Å²) in [5.41, 5.74) is 5.86. The molecule has 0 spiro atoms. The van der Waals surface area contributed by atoms with Gasteiger partial charge in [-0.05, 0) is 30.3 Å². The van der Waals surface area contributed by atoms with Gasteiger partial charge in [0, 0.05) is 24.7 Å². The molecule has 0 aliphatic heterocycles. The van der Waals surface area contributed by atoms with Crippen LogP contribution in [0.4, 0.5) is 15.8 Å². The molecule has 2 N–H and O–H groups in total. The molecule has 0 atom stereocenters. The summed E-state index contributed by atoms with van der Waals surface area (Å²) < 4.78 is 13.9. The molecule has 0 saturated carbocycles. The van der Waals surface area contributed by atoms with Gasteiger partial charge in [-0.3, -0.25) is 15.6 Å². The lowest BCUT2D eigenvalue weighted by Gasteiger charge is -2.15. The summed E-state index contributed by atoms with van der Waals surface area (Å²) in [4.78, 5) is 13.7. The van der Waals surface area contributed by atoms with Crippen molar-refractivity contribution in [3.8, 4) is 0 Å². The SMILES string of the molecule is CN(C)c1ccc(C(=O)NNc2c(Cl)cc(Cl)cc2Cl)cc1F. The van der Waals surface area contributed by atoms with Crippen molar-refractivity contribution in [3.05, 3.63) is 56.8 Å². The Bertz CT molecular complexity index is 730. The third-order valence-corrected chi connectivity index (χ3v) is 3.81. The van der Waals surface area contributed by atoms with Crippen LogP contribution in [0.2, 0.25) is 15.1 Å². The zero-order chi connectivity index (χ0) is 17.1. The minimum atomic E-state index is -0.531. The van der Waals surface area contributed by atoms with E-state index in [4.69, 9.17) is 34.8 Å². The molecule has 0 saturated heterocycles. The van der Waals surface area contributed by atoms with Gasteiger partial charge in [-0.2, -0.15) is 0 Å². The third kappa shape index (κ3) is 4.19. The first-order chi connectivity index (χ1) is 10.8. The Hall–Kier alpha value is -1.69. The average molecular weight is 377 g/mol. The summed E-state index contributed by atoms with van der Waals surface area (Å²) >= 11 is 17.8. The Morgan fingerprint density at radius 1 is 1.09 bits per heavy atom. The van der Waals surface area contributed by atoms with Gasteiger partial charge in [0.05, 0.1) is 21.4 Å². The Kier molecular flexibility index (Phi) is 5.57. The Balaban J connectivity index is 2.13. The van der Waals surface area contributed by atoms with Crippen LogP contribution in [0.1, 0.15) is 10.4 Å². The summed E-state index contributed by atoms with van der Waals surface area (Å²) in [5.74, 6) is -1.03. The number of carbonyl (C=O) groups excluding carboxylic acids is 1. The first-order valence-corrected chi connectivity index (χ1v) is 7.60. The number of hydrogen-bond donors (Lipinski definition) is 2. The van der Waals surface area contributed by atoms with E-state index in [9.17, 15) is 9.18 Å². The number of nitrogens with zero attached hydrogens (tertiary/aromatic N) is 1. The van der Waals surface area contributed by atoms with Crippen LogP contribution in [0.3, 0.4) is 0 Å². The molecule has 0 unspecified atom stereocenters. The van der Waals surface area contributed by atoms with Crippen LogP contribution in [-0.2, 0) is 0 Å². The molecule has 2 rings (SSSR count). The van der Waals surface area contributed by atoms with Crippen molar-refractivity contribution >= 4 is 52.1 Å². The van der Waals surface area contributed by atoms with Crippen LogP contribution < -0.4 is 15.8 Å². The number of hydrogen-bond acceptors (Lipinski definition) is 3. The maximum Gasteiger partial charge on any atom is 0.269 e. The summed E-state index contributed by atoms with van der Waals surface area (Å²) in [6, 6.07) is 7.15. The molecule has 0 aliphatic rings. The second kappa shape index (κ2) is 7.25. The molecule has 0 heterocycles. The van der Waals surface area contributed by atoms with Gasteiger partial charge in [-0.15, -0.1) is 0 Å². The number of anilines is 2. The number of amides is 1. The van der Waals surface area contributed by atoms with E-state index in [0.717, 1.165) is 6.07 Å². The van der Waals surface area contributed by atoms with E-state index in [-0.39, 0.29) is 15.6 Å². The van der Waals surface area contributed by atoms with Crippen molar-refractivity contribution in [3.63, 3.8) is 0 Å². The lowest BCUT2D eigenvalue weighted by molar-refractivity contribution is 0.0962. The molecule has 0 aliphatic carbocycles. The van der Waals surface area contributed by atoms with Gasteiger partial charge in [0.15, 0.2) is 0 Å². The predicted molar refractivity (Wildman–Crippen MR) is 93.3 cm³/mol. The van der Waals surface area contributed by atoms with E-state index in [1.807, 2.05) is 0 Å². The zero-order valence-electron chi connectivity index (χ0n) is 12.3. The molecular formula is C15H13Cl3FN3O. The Morgan fingerprint density at radius 3 is 2.22 bits per heavy atom. The number of benzene rings is 2. The van der Waals surface area contributed by atoms with Gasteiger partial charge in [0.2, 0.25) is 0 Å². The smallest absolute Gasteiger partial charge is 0.269 e. The molecular weight excluding hydrogens is 364 g/mol. The number of halogens is 4. The van der Waals surface area contributed by atoms with Gasteiger partial charge in [-0.1, -0.05) is 34.8 Å². The lowest BCUT2D eigenvalue weighted by Crippen LogP contribution is -2.29. The Labute approximate surface area is 148 Å². The molecule has 0 aromatic heterocycles. The zero-order valence-corrected chi connectivity index (χ0v) is 14.5. The lowest BCUT2D eigenvalue weighted by atomic mass is 10.2. The maximum absolute atomic E-state index is 13.9. The van der Waals surface area contributed by atoms with Crippen LogP contribution in [-0.4, -0.2) is 20.0 Å². The highest BCUT2D eigenvalue weighted by atomic mass is 35.5. The van der Waals surface area contributed by atoms with Crippen molar-refractivity contribution in [1.29, 1.82) is 0 Å². The second-order valence-corrected chi connectivity index (χ2v) is 6.14. The van der Waals surface area contributed by atoms with E-state index < -0.39 is 11.7 Å². The third-order valence-electron chi connectivity index (χ3n) is 3.00. The maximum atomic E-state index is 13.9. The van der Waals surface area contributed by atoms with Crippen LogP contribution in [0, 0.1) is 5.82 Å². The molecule has 23 heavy (non-hydrogen) atoms. The first-order valence-electron chi connectivity index (χ1n) is 6.47. The van der Waals surface area contributed by atoms with E-state index in [1.165, 1.54) is 24.3 Å². The summed E-state index contributed by atoms with van der Waals surface area (Å²) in [6.45, 7) is 0. The van der Waals surface area contributed by atoms with Gasteiger partial charge in [-0.25, -0.2) is 4.39 Å². The number of carbonyl (C=O) groups is 1. The molecule has 0 radical (unpaired) electrons. The first kappa shape index (κ1) is 17.7. The topological polar surface area (TPSA) is 44.4 Å². The predicted octanol–water partition coefficient (Wildman–Crippen LogP) is 4.61. The highest BCUT2D eigenvalue weighted by molar-refractivity contribution is 6.41. The molecule has 4 nitrogen and oxygen atoms in total. The van der Waals surface area contributed by atoms with Crippen molar-refractivity contribution in [2.45, 2.75) is 0 Å². The summed E-state index contributed by atoms with van der Waals surface area (Å²) in [5, 5.41) is 0.868. The van der Waals surface area contributed by atoms with Gasteiger partial charge < -0.3 is 4.90 Å². The van der Waals surface area contributed by atoms with Crippen LogP contribution in [0.5, 0.6) is 0 Å². The summed E-state index contributed by atoms with van der Waals surface area (Å²) in [6.07, 6.45) is 0. The van der Waals surface area contributed by atoms with Crippen LogP contribution in [0.25, 0.3) is 0 Å². The minimum absolute atomic E-state index is 0.154. The van der Waals surface area contributed by atoms with Crippen LogP contribution >= 0.6 is 34.8 Å². The van der Waals surface area contributed by atoms with Crippen molar-refractivity contribution in [2.75, 3.05) is 24.4 Å². The molecule has 0 fully saturated rings. The number of hydrazine groups is 1. The van der Waals surface area contributed by atoms with E-state index >= 15 is 0 Å². The molecule has 122 valence electrons. The molecule has 0 bridgehead atoms. The Morgan fingerprint density at radius 2 is 1.70 bits per heavy atom. The average Bonchev–Trinajstić information content (AvgIpc) is 2.45. The van der Waals surface area contributed by atoms with E-state index in [2.05, 4.69) is 10.9 Å². The van der Waals surface area contributed by atoms with E-state index in [0.29, 0.717) is 16.4 Å². The van der Waals surface area contributed by atoms with Crippen LogP contribution in [0.15, 0.2) is 30.3 Å². The standard InChI is InChI=1S/C15H13Cl3FN3O/c1-22(2)13-4-3-8(5-12(13)19)15(23)21-20-14-10(17)6-9(16)7-11(14)18/h3-7,20H,1-2H3,(H,21,23). The highest BCUT2D eigenvalue weighted by Crippen LogP contribution is 2.33. The quantitative estimate of drug-likeness (QED) is 0.766. The molecule has 8 heteroatoms. The summed E-state index contributed by atoms with van der Waals surface area (Å²) in [7, 11) is 3.43. The molecule has 1 amide bonds. The van der Waals surface area contributed by atoms with Crippen molar-refractivity contribution in [1.82, 2.24) is 5.43 Å². The highest BCUT2D eigenvalue weighted by Gasteiger charge is 2.12. The van der Waals surface area contributed by atoms with Crippen molar-refractivity contribution < 1.29 is 9.18 Å². The van der Waals surface area contributed by atoms with E-state index in [1.54, 1.807) is 19.0 Å². The fourth-order valence-electron chi connectivity index (χ4n) is 1.86. The molecule has 2 aromatic rings. The fourth-order valence-corrected chi connectivity index (χ4v) is 2.78. The monoisotopic (exact) mass is 375 g/mol.